The lowest BCUT2D eigenvalue weighted by Crippen LogP contribution is -2.48. The van der Waals surface area contributed by atoms with E-state index in [1.54, 1.807) is 17.2 Å². The van der Waals surface area contributed by atoms with Crippen LogP contribution in [0.5, 0.6) is 0 Å². The number of hydrogen-bond acceptors (Lipinski definition) is 4. The van der Waals surface area contributed by atoms with Crippen LogP contribution in [0, 0.1) is 0 Å². The first kappa shape index (κ1) is 18.2. The van der Waals surface area contributed by atoms with E-state index in [-0.39, 0.29) is 11.5 Å². The summed E-state index contributed by atoms with van der Waals surface area (Å²) in [6.07, 6.45) is 1.75. The van der Waals surface area contributed by atoms with E-state index in [9.17, 15) is 9.59 Å². The second-order valence-corrected chi connectivity index (χ2v) is 7.34. The van der Waals surface area contributed by atoms with Crippen LogP contribution in [0.4, 0.5) is 5.69 Å². The van der Waals surface area contributed by atoms with Crippen molar-refractivity contribution in [3.63, 3.8) is 0 Å². The minimum atomic E-state index is -0.267. The number of nitrogens with one attached hydrogen (secondary N) is 1. The number of rotatable bonds is 3. The predicted octanol–water partition coefficient (Wildman–Crippen LogP) is 2.65. The number of piperazine rings is 1. The Kier molecular flexibility index (Phi) is 4.55. The van der Waals surface area contributed by atoms with E-state index in [2.05, 4.69) is 27.1 Å². The Morgan fingerprint density at radius 3 is 2.27 bits per heavy atom. The first-order valence-electron chi connectivity index (χ1n) is 9.96. The minimum Gasteiger partial charge on any atom is -0.368 e. The highest BCUT2D eigenvalue weighted by Crippen LogP contribution is 2.18. The van der Waals surface area contributed by atoms with E-state index in [1.165, 1.54) is 4.52 Å². The summed E-state index contributed by atoms with van der Waals surface area (Å²) in [6.45, 7) is 2.77. The fraction of sp³-hybridized carbons (Fsp3) is 0.174. The topological polar surface area (TPSA) is 73.7 Å². The normalized spacial score (nSPS) is 14.3. The Balaban J connectivity index is 1.37. The Morgan fingerprint density at radius 1 is 0.900 bits per heavy atom. The molecule has 7 heteroatoms. The molecule has 1 aliphatic heterocycles. The molecule has 30 heavy (non-hydrogen) atoms. The van der Waals surface area contributed by atoms with Crippen molar-refractivity contribution in [1.82, 2.24) is 19.5 Å². The Morgan fingerprint density at radius 2 is 1.57 bits per heavy atom. The molecule has 0 aliphatic carbocycles. The van der Waals surface area contributed by atoms with Gasteiger partial charge in [-0.25, -0.2) is 4.52 Å². The number of aromatic nitrogens is 3. The molecular formula is C23H21N5O2. The average molecular weight is 399 g/mol. The molecule has 2 aromatic heterocycles. The smallest absolute Gasteiger partial charge is 0.274 e. The third kappa shape index (κ3) is 3.34. The molecule has 1 amide bonds. The van der Waals surface area contributed by atoms with Crippen LogP contribution in [-0.2, 0) is 0 Å². The third-order valence-corrected chi connectivity index (χ3v) is 5.46. The van der Waals surface area contributed by atoms with Gasteiger partial charge in [-0.3, -0.25) is 9.59 Å². The molecule has 1 N–H and O–H groups in total. The number of carbonyl (C=O) groups excluding carboxylic acids is 1. The minimum absolute atomic E-state index is 0.146. The monoisotopic (exact) mass is 399 g/mol. The molecule has 0 radical (unpaired) electrons. The van der Waals surface area contributed by atoms with Gasteiger partial charge in [-0.1, -0.05) is 48.5 Å². The Hall–Kier alpha value is -3.87. The molecule has 1 aliphatic rings. The fourth-order valence-electron chi connectivity index (χ4n) is 3.84. The first-order valence-corrected chi connectivity index (χ1v) is 9.96. The van der Waals surface area contributed by atoms with Crippen molar-refractivity contribution < 1.29 is 4.79 Å². The van der Waals surface area contributed by atoms with Crippen LogP contribution in [0.15, 0.2) is 77.7 Å². The summed E-state index contributed by atoms with van der Waals surface area (Å²) in [5, 5.41) is 4.40. The van der Waals surface area contributed by atoms with Gasteiger partial charge >= 0.3 is 0 Å². The van der Waals surface area contributed by atoms with Gasteiger partial charge < -0.3 is 14.8 Å². The maximum absolute atomic E-state index is 13.0. The standard InChI is InChI=1S/C23H21N5O2/c29-22-21-15-19(25-28(21)16-20(24-22)17-7-3-1-4-8-17)23(30)27-13-11-26(12-14-27)18-9-5-2-6-10-18/h1-10,15-16H,11-14H2,(H,24,29). The molecule has 7 nitrogen and oxygen atoms in total. The van der Waals surface area contributed by atoms with E-state index in [4.69, 9.17) is 0 Å². The number of aromatic amines is 1. The van der Waals surface area contributed by atoms with Crippen molar-refractivity contribution >= 4 is 17.1 Å². The number of para-hydroxylation sites is 1. The number of fused-ring (bicyclic) bond motifs is 1. The summed E-state index contributed by atoms with van der Waals surface area (Å²) in [4.78, 5) is 32.5. The van der Waals surface area contributed by atoms with Crippen LogP contribution in [-0.4, -0.2) is 51.6 Å². The molecule has 0 spiro atoms. The highest BCUT2D eigenvalue weighted by molar-refractivity contribution is 5.93. The lowest BCUT2D eigenvalue weighted by atomic mass is 10.2. The highest BCUT2D eigenvalue weighted by atomic mass is 16.2. The van der Waals surface area contributed by atoms with Gasteiger partial charge in [0.2, 0.25) is 0 Å². The Labute approximate surface area is 173 Å². The van der Waals surface area contributed by atoms with Crippen molar-refractivity contribution in [2.45, 2.75) is 0 Å². The summed E-state index contributed by atoms with van der Waals surface area (Å²) in [6, 6.07) is 21.3. The second kappa shape index (κ2) is 7.51. The molecule has 1 saturated heterocycles. The van der Waals surface area contributed by atoms with Gasteiger partial charge in [-0.2, -0.15) is 5.10 Å². The quantitative estimate of drug-likeness (QED) is 0.575. The van der Waals surface area contributed by atoms with E-state index >= 15 is 0 Å². The molecule has 0 bridgehead atoms. The molecule has 5 rings (SSSR count). The van der Waals surface area contributed by atoms with Crippen molar-refractivity contribution in [2.24, 2.45) is 0 Å². The van der Waals surface area contributed by atoms with Crippen LogP contribution in [0.2, 0.25) is 0 Å². The van der Waals surface area contributed by atoms with Crippen molar-refractivity contribution in [3.8, 4) is 11.3 Å². The van der Waals surface area contributed by atoms with E-state index in [0.29, 0.717) is 30.0 Å². The van der Waals surface area contributed by atoms with Crippen molar-refractivity contribution in [2.75, 3.05) is 31.1 Å². The average Bonchev–Trinajstić information content (AvgIpc) is 3.25. The summed E-state index contributed by atoms with van der Waals surface area (Å²) < 4.78 is 1.49. The lowest BCUT2D eigenvalue weighted by molar-refractivity contribution is 0.0740. The molecule has 150 valence electrons. The van der Waals surface area contributed by atoms with Crippen LogP contribution < -0.4 is 10.5 Å². The molecule has 3 heterocycles. The van der Waals surface area contributed by atoms with Crippen molar-refractivity contribution in [1.29, 1.82) is 0 Å². The second-order valence-electron chi connectivity index (χ2n) is 7.34. The maximum Gasteiger partial charge on any atom is 0.274 e. The number of benzene rings is 2. The van der Waals surface area contributed by atoms with E-state index < -0.39 is 0 Å². The number of H-pyrrole nitrogens is 1. The fourth-order valence-corrected chi connectivity index (χ4v) is 3.84. The van der Waals surface area contributed by atoms with Gasteiger partial charge in [0, 0.05) is 37.9 Å². The molecule has 4 aromatic rings. The molecule has 2 aromatic carbocycles. The number of anilines is 1. The third-order valence-electron chi connectivity index (χ3n) is 5.46. The van der Waals surface area contributed by atoms with E-state index in [0.717, 1.165) is 24.3 Å². The zero-order valence-electron chi connectivity index (χ0n) is 16.4. The number of carbonyl (C=O) groups is 1. The summed E-state index contributed by atoms with van der Waals surface area (Å²) >= 11 is 0. The zero-order chi connectivity index (χ0) is 20.5. The lowest BCUT2D eigenvalue weighted by Gasteiger charge is -2.35. The van der Waals surface area contributed by atoms with Gasteiger partial charge in [0.15, 0.2) is 5.69 Å². The number of nitrogens with zero attached hydrogens (tertiary/aromatic N) is 4. The summed E-state index contributed by atoms with van der Waals surface area (Å²) in [5.41, 5.74) is 3.09. The Bertz CT molecular complexity index is 1240. The van der Waals surface area contributed by atoms with Gasteiger partial charge in [0.05, 0.1) is 11.9 Å². The van der Waals surface area contributed by atoms with Gasteiger partial charge in [0.25, 0.3) is 11.5 Å². The SMILES string of the molecule is O=C(c1cc2c(=O)[nH]c(-c3ccccc3)cn2n1)N1CCN(c2ccccc2)CC1. The zero-order valence-corrected chi connectivity index (χ0v) is 16.4. The van der Waals surface area contributed by atoms with Gasteiger partial charge in [-0.05, 0) is 17.7 Å². The predicted molar refractivity (Wildman–Crippen MR) is 116 cm³/mol. The molecule has 0 atom stereocenters. The summed E-state index contributed by atoms with van der Waals surface area (Å²) in [7, 11) is 0. The largest absolute Gasteiger partial charge is 0.368 e. The van der Waals surface area contributed by atoms with Crippen LogP contribution in [0.3, 0.4) is 0 Å². The number of hydrogen-bond donors (Lipinski definition) is 1. The van der Waals surface area contributed by atoms with Crippen LogP contribution >= 0.6 is 0 Å². The molecule has 1 fully saturated rings. The molecular weight excluding hydrogens is 378 g/mol. The van der Waals surface area contributed by atoms with Crippen LogP contribution in [0.25, 0.3) is 16.8 Å². The summed E-state index contributed by atoms with van der Waals surface area (Å²) in [5.74, 6) is -0.146. The van der Waals surface area contributed by atoms with Gasteiger partial charge in [0.1, 0.15) is 5.52 Å². The van der Waals surface area contributed by atoms with E-state index in [1.807, 2.05) is 48.5 Å². The number of amides is 1. The first-order chi connectivity index (χ1) is 14.7. The van der Waals surface area contributed by atoms with Crippen molar-refractivity contribution in [3.05, 3.63) is 89.0 Å². The molecule has 0 unspecified atom stereocenters. The molecule has 0 saturated carbocycles. The van der Waals surface area contributed by atoms with Crippen LogP contribution in [0.1, 0.15) is 10.5 Å². The highest BCUT2D eigenvalue weighted by Gasteiger charge is 2.24. The maximum atomic E-state index is 13.0. The van der Waals surface area contributed by atoms with Gasteiger partial charge in [-0.15, -0.1) is 0 Å².